The first kappa shape index (κ1) is 9.50. The first-order chi connectivity index (χ1) is 6.22. The molecule has 0 saturated heterocycles. The predicted molar refractivity (Wildman–Crippen MR) is 59.1 cm³/mol. The zero-order valence-electron chi connectivity index (χ0n) is 7.13. The lowest BCUT2D eigenvalue weighted by Crippen LogP contribution is -2.01. The lowest BCUT2D eigenvalue weighted by atomic mass is 10.1. The summed E-state index contributed by atoms with van der Waals surface area (Å²) < 4.78 is 0.961. The summed E-state index contributed by atoms with van der Waals surface area (Å²) in [6.07, 6.45) is 1.22. The van der Waals surface area contributed by atoms with Gasteiger partial charge in [0, 0.05) is 4.47 Å². The second-order valence-electron chi connectivity index (χ2n) is 3.51. The molecule has 1 saturated carbocycles. The molecular weight excluding hydrogens is 249 g/mol. The van der Waals surface area contributed by atoms with Crippen molar-refractivity contribution in [3.8, 4) is 0 Å². The van der Waals surface area contributed by atoms with Crippen molar-refractivity contribution in [2.45, 2.75) is 12.3 Å². The van der Waals surface area contributed by atoms with E-state index in [2.05, 4.69) is 22.0 Å². The van der Waals surface area contributed by atoms with Crippen molar-refractivity contribution in [3.05, 3.63) is 33.3 Å². The van der Waals surface area contributed by atoms with Gasteiger partial charge >= 0.3 is 0 Å². The molecule has 0 amide bonds. The lowest BCUT2D eigenvalue weighted by Gasteiger charge is -2.01. The molecule has 2 rings (SSSR count). The third-order valence-electron chi connectivity index (χ3n) is 2.60. The van der Waals surface area contributed by atoms with Gasteiger partial charge in [-0.05, 0) is 58.4 Å². The van der Waals surface area contributed by atoms with Crippen LogP contribution in [0.25, 0.3) is 0 Å². The zero-order chi connectivity index (χ0) is 9.42. The summed E-state index contributed by atoms with van der Waals surface area (Å²) in [5.41, 5.74) is 6.91. The Hall–Kier alpha value is -0.0500. The van der Waals surface area contributed by atoms with Gasteiger partial charge in [0.1, 0.15) is 0 Å². The minimum absolute atomic E-state index is 0.649. The Morgan fingerprint density at radius 2 is 2.31 bits per heavy atom. The Bertz CT molecular complexity index is 327. The minimum Gasteiger partial charge on any atom is -0.330 e. The van der Waals surface area contributed by atoms with Crippen molar-refractivity contribution in [1.82, 2.24) is 0 Å². The van der Waals surface area contributed by atoms with Crippen LogP contribution in [0.4, 0.5) is 0 Å². The monoisotopic (exact) mass is 259 g/mol. The minimum atomic E-state index is 0.649. The smallest absolute Gasteiger partial charge is 0.0550 e. The molecule has 3 heteroatoms. The summed E-state index contributed by atoms with van der Waals surface area (Å²) >= 11 is 9.37. The van der Waals surface area contributed by atoms with E-state index in [-0.39, 0.29) is 0 Å². The molecule has 0 aromatic heterocycles. The number of hydrogen-bond acceptors (Lipinski definition) is 1. The van der Waals surface area contributed by atoms with Crippen LogP contribution in [0.1, 0.15) is 17.9 Å². The first-order valence-corrected chi connectivity index (χ1v) is 5.54. The molecule has 1 nitrogen and oxygen atoms in total. The first-order valence-electron chi connectivity index (χ1n) is 4.37. The van der Waals surface area contributed by atoms with Crippen molar-refractivity contribution in [3.63, 3.8) is 0 Å². The van der Waals surface area contributed by atoms with Crippen LogP contribution in [0, 0.1) is 5.92 Å². The highest BCUT2D eigenvalue weighted by molar-refractivity contribution is 9.10. The largest absolute Gasteiger partial charge is 0.330 e. The Morgan fingerprint density at radius 1 is 1.54 bits per heavy atom. The Balaban J connectivity index is 2.19. The Morgan fingerprint density at radius 3 is 2.85 bits per heavy atom. The summed E-state index contributed by atoms with van der Waals surface area (Å²) in [4.78, 5) is 0. The molecule has 1 fully saturated rings. The van der Waals surface area contributed by atoms with Crippen molar-refractivity contribution in [1.29, 1.82) is 0 Å². The normalized spacial score (nSPS) is 26.1. The van der Waals surface area contributed by atoms with E-state index in [1.54, 1.807) is 0 Å². The fraction of sp³-hybridized carbons (Fsp3) is 0.400. The average molecular weight is 261 g/mol. The number of rotatable bonds is 2. The molecule has 1 aromatic carbocycles. The van der Waals surface area contributed by atoms with Crippen molar-refractivity contribution >= 4 is 27.5 Å². The van der Waals surface area contributed by atoms with E-state index in [0.29, 0.717) is 11.8 Å². The highest BCUT2D eigenvalue weighted by atomic mass is 79.9. The molecule has 70 valence electrons. The fourth-order valence-electron chi connectivity index (χ4n) is 1.66. The SMILES string of the molecule is NC[C@@H]1C[C@H]1c1ccc(Br)c(Cl)c1. The molecule has 0 bridgehead atoms. The van der Waals surface area contributed by atoms with Gasteiger partial charge in [-0.15, -0.1) is 0 Å². The maximum Gasteiger partial charge on any atom is 0.0550 e. The van der Waals surface area contributed by atoms with E-state index in [4.69, 9.17) is 17.3 Å². The van der Waals surface area contributed by atoms with Crippen LogP contribution in [-0.2, 0) is 0 Å². The quantitative estimate of drug-likeness (QED) is 0.868. The van der Waals surface area contributed by atoms with Crippen LogP contribution in [0.2, 0.25) is 5.02 Å². The summed E-state index contributed by atoms with van der Waals surface area (Å²) in [6, 6.07) is 6.16. The van der Waals surface area contributed by atoms with Crippen LogP contribution in [0.15, 0.2) is 22.7 Å². The zero-order valence-corrected chi connectivity index (χ0v) is 9.48. The summed E-state index contributed by atoms with van der Waals surface area (Å²) in [6.45, 7) is 0.790. The molecule has 2 N–H and O–H groups in total. The van der Waals surface area contributed by atoms with Crippen LogP contribution < -0.4 is 5.73 Å². The molecule has 0 heterocycles. The molecule has 0 spiro atoms. The second-order valence-corrected chi connectivity index (χ2v) is 4.77. The number of halogens is 2. The predicted octanol–water partition coefficient (Wildman–Crippen LogP) is 3.16. The molecule has 13 heavy (non-hydrogen) atoms. The van der Waals surface area contributed by atoms with E-state index in [1.807, 2.05) is 12.1 Å². The molecule has 2 atom stereocenters. The van der Waals surface area contributed by atoms with Gasteiger partial charge < -0.3 is 5.73 Å². The van der Waals surface area contributed by atoms with E-state index in [0.717, 1.165) is 16.0 Å². The van der Waals surface area contributed by atoms with Crippen LogP contribution in [0.5, 0.6) is 0 Å². The van der Waals surface area contributed by atoms with E-state index in [1.165, 1.54) is 12.0 Å². The van der Waals surface area contributed by atoms with Gasteiger partial charge in [0.2, 0.25) is 0 Å². The molecule has 0 radical (unpaired) electrons. The van der Waals surface area contributed by atoms with E-state index >= 15 is 0 Å². The van der Waals surface area contributed by atoms with Gasteiger partial charge in [-0.3, -0.25) is 0 Å². The standard InChI is InChI=1S/C10H11BrClN/c11-9-2-1-6(4-10(9)12)8-3-7(8)5-13/h1-2,4,7-8H,3,5,13H2/t7-,8-/m0/s1. The lowest BCUT2D eigenvalue weighted by molar-refractivity contribution is 0.809. The van der Waals surface area contributed by atoms with Gasteiger partial charge in [0.05, 0.1) is 5.02 Å². The molecule has 0 aliphatic heterocycles. The average Bonchev–Trinajstić information content (AvgIpc) is 2.88. The van der Waals surface area contributed by atoms with E-state index in [9.17, 15) is 0 Å². The second kappa shape index (κ2) is 3.60. The van der Waals surface area contributed by atoms with Gasteiger partial charge in [-0.25, -0.2) is 0 Å². The summed E-state index contributed by atoms with van der Waals surface area (Å²) in [5.74, 6) is 1.33. The van der Waals surface area contributed by atoms with Crippen molar-refractivity contribution in [2.24, 2.45) is 11.7 Å². The highest BCUT2D eigenvalue weighted by Crippen LogP contribution is 2.47. The molecular formula is C10H11BrClN. The van der Waals surface area contributed by atoms with Gasteiger partial charge in [-0.1, -0.05) is 17.7 Å². The molecule has 1 aromatic rings. The van der Waals surface area contributed by atoms with Crippen LogP contribution in [-0.4, -0.2) is 6.54 Å². The number of nitrogens with two attached hydrogens (primary N) is 1. The van der Waals surface area contributed by atoms with Crippen molar-refractivity contribution in [2.75, 3.05) is 6.54 Å². The fourth-order valence-corrected chi connectivity index (χ4v) is 2.09. The van der Waals surface area contributed by atoms with Gasteiger partial charge in [0.25, 0.3) is 0 Å². The van der Waals surface area contributed by atoms with E-state index < -0.39 is 0 Å². The third kappa shape index (κ3) is 1.90. The highest BCUT2D eigenvalue weighted by Gasteiger charge is 2.36. The third-order valence-corrected chi connectivity index (χ3v) is 3.83. The Kier molecular flexibility index (Phi) is 2.63. The maximum absolute atomic E-state index is 6.00. The van der Waals surface area contributed by atoms with Crippen LogP contribution >= 0.6 is 27.5 Å². The molecule has 0 unspecified atom stereocenters. The summed E-state index contributed by atoms with van der Waals surface area (Å²) in [7, 11) is 0. The summed E-state index contributed by atoms with van der Waals surface area (Å²) in [5, 5.41) is 0.792. The number of hydrogen-bond donors (Lipinski definition) is 1. The van der Waals surface area contributed by atoms with Crippen molar-refractivity contribution < 1.29 is 0 Å². The van der Waals surface area contributed by atoms with Gasteiger partial charge in [-0.2, -0.15) is 0 Å². The van der Waals surface area contributed by atoms with Gasteiger partial charge in [0.15, 0.2) is 0 Å². The Labute approximate surface area is 91.4 Å². The van der Waals surface area contributed by atoms with Crippen LogP contribution in [0.3, 0.4) is 0 Å². The molecule has 1 aliphatic rings. The maximum atomic E-state index is 6.00. The molecule has 1 aliphatic carbocycles. The number of benzene rings is 1. The topological polar surface area (TPSA) is 26.0 Å².